The van der Waals surface area contributed by atoms with Crippen LogP contribution < -0.4 is 19.8 Å². The lowest BCUT2D eigenvalue weighted by atomic mass is 9.85. The summed E-state index contributed by atoms with van der Waals surface area (Å²) in [5.74, 6) is 0.00128. The van der Waals surface area contributed by atoms with Gasteiger partial charge in [0.15, 0.2) is 5.76 Å². The molecule has 2 aromatic heterocycles. The quantitative estimate of drug-likeness (QED) is 0.203. The smallest absolute Gasteiger partial charge is 0.312 e. The van der Waals surface area contributed by atoms with Crippen LogP contribution in [-0.4, -0.2) is 28.4 Å². The minimum atomic E-state index is -0.656. The van der Waals surface area contributed by atoms with Gasteiger partial charge in [0, 0.05) is 52.8 Å². The molecule has 8 nitrogen and oxygen atoms in total. The Morgan fingerprint density at radius 1 is 1.03 bits per heavy atom. The van der Waals surface area contributed by atoms with Crippen LogP contribution in [0.5, 0.6) is 17.2 Å². The monoisotopic (exact) mass is 518 g/mol. The summed E-state index contributed by atoms with van der Waals surface area (Å²) in [6.07, 6.45) is 3.62. The van der Waals surface area contributed by atoms with E-state index in [-0.39, 0.29) is 29.3 Å². The molecule has 1 N–H and O–H groups in total. The van der Waals surface area contributed by atoms with Gasteiger partial charge >= 0.3 is 5.97 Å². The number of fused-ring (bicyclic) bond motifs is 5. The van der Waals surface area contributed by atoms with Crippen LogP contribution in [0.25, 0.3) is 27.9 Å². The molecule has 0 saturated heterocycles. The molecule has 0 radical (unpaired) electrons. The number of para-hydroxylation sites is 1. The van der Waals surface area contributed by atoms with Crippen molar-refractivity contribution in [2.24, 2.45) is 7.05 Å². The molecule has 0 bridgehead atoms. The molecular formula is C31H22N2O6. The first kappa shape index (κ1) is 23.0. The van der Waals surface area contributed by atoms with Crippen molar-refractivity contribution in [3.8, 4) is 17.2 Å². The molecule has 0 spiro atoms. The van der Waals surface area contributed by atoms with E-state index < -0.39 is 11.9 Å². The lowest BCUT2D eigenvalue weighted by Crippen LogP contribution is -2.26. The maximum absolute atomic E-state index is 13.5. The van der Waals surface area contributed by atoms with Crippen LogP contribution >= 0.6 is 0 Å². The zero-order valence-corrected chi connectivity index (χ0v) is 21.1. The van der Waals surface area contributed by atoms with Gasteiger partial charge in [0.2, 0.25) is 5.78 Å². The first-order valence-corrected chi connectivity index (χ1v) is 12.5. The lowest BCUT2D eigenvalue weighted by molar-refractivity contribution is -0.135. The molecule has 0 fully saturated rings. The van der Waals surface area contributed by atoms with Gasteiger partial charge < -0.3 is 23.8 Å². The Morgan fingerprint density at radius 3 is 2.72 bits per heavy atom. The van der Waals surface area contributed by atoms with E-state index >= 15 is 0 Å². The number of ether oxygens (including phenoxy) is 3. The molecule has 5 aromatic rings. The SMILES string of the molecule is COc1ccc2cc([C@@H]3CC(=O)Oc4ccc5c(c43)O/C(=C\c3cn(C)c4ccccc34)C5=O)c(=O)[nH]c2c1. The summed E-state index contributed by atoms with van der Waals surface area (Å²) >= 11 is 0. The second-order valence-corrected chi connectivity index (χ2v) is 9.74. The highest BCUT2D eigenvalue weighted by atomic mass is 16.5. The number of benzene rings is 3. The number of aromatic nitrogens is 2. The van der Waals surface area contributed by atoms with Gasteiger partial charge in [0.1, 0.15) is 17.2 Å². The average molecular weight is 519 g/mol. The number of rotatable bonds is 3. The molecular weight excluding hydrogens is 496 g/mol. The fraction of sp³-hybridized carbons (Fsp3) is 0.129. The van der Waals surface area contributed by atoms with Crippen molar-refractivity contribution in [1.29, 1.82) is 0 Å². The number of ketones is 1. The van der Waals surface area contributed by atoms with Crippen LogP contribution in [0, 0.1) is 0 Å². The zero-order valence-electron chi connectivity index (χ0n) is 21.1. The van der Waals surface area contributed by atoms with Crippen LogP contribution in [0.4, 0.5) is 0 Å². The summed E-state index contributed by atoms with van der Waals surface area (Å²) in [5, 5.41) is 1.78. The third kappa shape index (κ3) is 3.56. The fourth-order valence-corrected chi connectivity index (χ4v) is 5.58. The summed E-state index contributed by atoms with van der Waals surface area (Å²) in [4.78, 5) is 42.2. The highest BCUT2D eigenvalue weighted by Gasteiger charge is 2.39. The average Bonchev–Trinajstić information content (AvgIpc) is 3.43. The third-order valence-electron chi connectivity index (χ3n) is 7.45. The van der Waals surface area contributed by atoms with E-state index in [0.29, 0.717) is 33.7 Å². The summed E-state index contributed by atoms with van der Waals surface area (Å²) in [6.45, 7) is 0. The maximum Gasteiger partial charge on any atom is 0.312 e. The number of aromatic amines is 1. The van der Waals surface area contributed by atoms with E-state index in [9.17, 15) is 14.4 Å². The van der Waals surface area contributed by atoms with Gasteiger partial charge in [-0.15, -0.1) is 0 Å². The molecule has 8 heteroatoms. The van der Waals surface area contributed by atoms with Gasteiger partial charge in [-0.3, -0.25) is 14.4 Å². The Morgan fingerprint density at radius 2 is 1.87 bits per heavy atom. The summed E-state index contributed by atoms with van der Waals surface area (Å²) < 4.78 is 19.0. The van der Waals surface area contributed by atoms with Crippen molar-refractivity contribution in [1.82, 2.24) is 9.55 Å². The van der Waals surface area contributed by atoms with Crippen LogP contribution in [0.15, 0.2) is 77.4 Å². The number of aryl methyl sites for hydroxylation is 1. The number of carbonyl (C=O) groups is 2. The van der Waals surface area contributed by atoms with Gasteiger partial charge in [-0.2, -0.15) is 0 Å². The van der Waals surface area contributed by atoms with E-state index in [4.69, 9.17) is 14.2 Å². The Labute approximate surface area is 222 Å². The Hall–Kier alpha value is -5.11. The van der Waals surface area contributed by atoms with Crippen molar-refractivity contribution in [3.05, 3.63) is 105 Å². The number of allylic oxidation sites excluding steroid dienone is 1. The van der Waals surface area contributed by atoms with Crippen LogP contribution in [-0.2, 0) is 11.8 Å². The first-order chi connectivity index (χ1) is 18.9. The summed E-state index contributed by atoms with van der Waals surface area (Å²) in [7, 11) is 3.51. The molecule has 0 aliphatic carbocycles. The standard InChI is InChI=1S/C31H22N2O6/c1-33-15-17(19-5-3-4-6-24(19)33)12-26-29(35)20-9-10-25-28(30(20)39-26)21(14-27(34)38-25)22-11-16-7-8-18(37-2)13-23(16)32-31(22)36/h3-13,15,21H,14H2,1-2H3,(H,32,36)/b26-12-/t21-/m0/s1. The van der Waals surface area contributed by atoms with Gasteiger partial charge in [0.05, 0.1) is 24.6 Å². The number of Topliss-reactive ketones (excluding diaryl/α,β-unsaturated/α-hetero) is 1. The maximum atomic E-state index is 13.5. The molecule has 192 valence electrons. The topological polar surface area (TPSA) is 99.6 Å². The van der Waals surface area contributed by atoms with Crippen molar-refractivity contribution >= 4 is 39.6 Å². The highest BCUT2D eigenvalue weighted by molar-refractivity contribution is 6.15. The molecule has 1 atom stereocenters. The largest absolute Gasteiger partial charge is 0.497 e. The van der Waals surface area contributed by atoms with E-state index in [1.807, 2.05) is 48.1 Å². The molecule has 7 rings (SSSR count). The second-order valence-electron chi connectivity index (χ2n) is 9.74. The molecule has 2 aliphatic rings. The third-order valence-corrected chi connectivity index (χ3v) is 7.45. The number of carbonyl (C=O) groups excluding carboxylic acids is 2. The minimum Gasteiger partial charge on any atom is -0.497 e. The predicted molar refractivity (Wildman–Crippen MR) is 146 cm³/mol. The highest BCUT2D eigenvalue weighted by Crippen LogP contribution is 2.48. The number of methoxy groups -OCH3 is 1. The van der Waals surface area contributed by atoms with Crippen LogP contribution in [0.1, 0.15) is 39.4 Å². The summed E-state index contributed by atoms with van der Waals surface area (Å²) in [5.41, 5.74) is 3.43. The van der Waals surface area contributed by atoms with Crippen molar-refractivity contribution < 1.29 is 23.8 Å². The number of pyridine rings is 1. The van der Waals surface area contributed by atoms with E-state index in [2.05, 4.69) is 4.98 Å². The number of nitrogens with zero attached hydrogens (tertiary/aromatic N) is 1. The van der Waals surface area contributed by atoms with Gasteiger partial charge in [-0.05, 0) is 47.9 Å². The molecule has 2 aliphatic heterocycles. The van der Waals surface area contributed by atoms with Crippen molar-refractivity contribution in [2.75, 3.05) is 7.11 Å². The number of hydrogen-bond donors (Lipinski definition) is 1. The zero-order chi connectivity index (χ0) is 26.8. The van der Waals surface area contributed by atoms with Gasteiger partial charge in [-0.1, -0.05) is 18.2 Å². The fourth-order valence-electron chi connectivity index (χ4n) is 5.58. The Balaban J connectivity index is 1.36. The van der Waals surface area contributed by atoms with E-state index in [1.165, 1.54) is 0 Å². The Bertz CT molecular complexity index is 1960. The number of nitrogens with one attached hydrogen (secondary N) is 1. The number of esters is 1. The predicted octanol–water partition coefficient (Wildman–Crippen LogP) is 5.09. The van der Waals surface area contributed by atoms with Crippen LogP contribution in [0.2, 0.25) is 0 Å². The first-order valence-electron chi connectivity index (χ1n) is 12.5. The van der Waals surface area contributed by atoms with Gasteiger partial charge in [-0.25, -0.2) is 0 Å². The van der Waals surface area contributed by atoms with Gasteiger partial charge in [0.25, 0.3) is 5.56 Å². The van der Waals surface area contributed by atoms with Crippen molar-refractivity contribution in [2.45, 2.75) is 12.3 Å². The lowest BCUT2D eigenvalue weighted by Gasteiger charge is -2.26. The molecule has 0 unspecified atom stereocenters. The normalized spacial score (nSPS) is 17.3. The minimum absolute atomic E-state index is 0.0614. The molecule has 39 heavy (non-hydrogen) atoms. The second kappa shape index (κ2) is 8.46. The molecule has 0 amide bonds. The van der Waals surface area contributed by atoms with E-state index in [0.717, 1.165) is 21.9 Å². The van der Waals surface area contributed by atoms with Crippen LogP contribution in [0.3, 0.4) is 0 Å². The Kier molecular flexibility index (Phi) is 5.00. The van der Waals surface area contributed by atoms with E-state index in [1.54, 1.807) is 43.5 Å². The number of H-pyrrole nitrogens is 1. The number of hydrogen-bond acceptors (Lipinski definition) is 6. The molecule has 3 aromatic carbocycles. The molecule has 0 saturated carbocycles. The van der Waals surface area contributed by atoms with Crippen molar-refractivity contribution in [3.63, 3.8) is 0 Å². The summed E-state index contributed by atoms with van der Waals surface area (Å²) in [6, 6.07) is 18.3. The molecule has 4 heterocycles.